The summed E-state index contributed by atoms with van der Waals surface area (Å²) in [6, 6.07) is 13.5. The molecule has 0 saturated carbocycles. The van der Waals surface area contributed by atoms with Gasteiger partial charge in [0.2, 0.25) is 0 Å². The summed E-state index contributed by atoms with van der Waals surface area (Å²) in [6.45, 7) is 0.800. The van der Waals surface area contributed by atoms with Gasteiger partial charge in [0.05, 0.1) is 6.10 Å². The van der Waals surface area contributed by atoms with Gasteiger partial charge >= 0.3 is 5.97 Å². The summed E-state index contributed by atoms with van der Waals surface area (Å²) in [5, 5.41) is 11.5. The number of hydrogen-bond donors (Lipinski definition) is 2. The second-order valence-corrected chi connectivity index (χ2v) is 6.14. The van der Waals surface area contributed by atoms with Gasteiger partial charge in [-0.15, -0.1) is 0 Å². The monoisotopic (exact) mass is 371 g/mol. The molecule has 7 heteroatoms. The zero-order valence-electron chi connectivity index (χ0n) is 14.7. The minimum absolute atomic E-state index is 0.122. The fourth-order valence-electron chi connectivity index (χ4n) is 2.70. The van der Waals surface area contributed by atoms with Gasteiger partial charge in [-0.2, -0.15) is 0 Å². The van der Waals surface area contributed by atoms with Crippen LogP contribution in [0.5, 0.6) is 11.5 Å². The highest BCUT2D eigenvalue weighted by Gasteiger charge is 2.16. The molecule has 1 aliphatic heterocycles. The smallest absolute Gasteiger partial charge is 0.341 e. The molecule has 0 bridgehead atoms. The first-order chi connectivity index (χ1) is 13.1. The van der Waals surface area contributed by atoms with Gasteiger partial charge in [0.1, 0.15) is 18.1 Å². The Kier molecular flexibility index (Phi) is 6.27. The first kappa shape index (κ1) is 18.7. The van der Waals surface area contributed by atoms with Crippen LogP contribution in [0.2, 0.25) is 0 Å². The maximum atomic E-state index is 12.4. The number of ether oxygens (including phenoxy) is 3. The van der Waals surface area contributed by atoms with Gasteiger partial charge in [-0.1, -0.05) is 12.1 Å². The first-order valence-electron chi connectivity index (χ1n) is 8.70. The molecule has 3 rings (SSSR count). The van der Waals surface area contributed by atoms with Gasteiger partial charge in [0.25, 0.3) is 5.91 Å². The lowest BCUT2D eigenvalue weighted by molar-refractivity contribution is -0.139. The summed E-state index contributed by atoms with van der Waals surface area (Å²) in [7, 11) is 0. The maximum Gasteiger partial charge on any atom is 0.341 e. The predicted octanol–water partition coefficient (Wildman–Crippen LogP) is 2.96. The van der Waals surface area contributed by atoms with Crippen molar-refractivity contribution >= 4 is 17.6 Å². The molecule has 142 valence electrons. The van der Waals surface area contributed by atoms with Crippen LogP contribution in [0.1, 0.15) is 23.2 Å². The van der Waals surface area contributed by atoms with Gasteiger partial charge < -0.3 is 24.6 Å². The van der Waals surface area contributed by atoms with Crippen LogP contribution in [0, 0.1) is 0 Å². The zero-order valence-corrected chi connectivity index (χ0v) is 14.7. The molecule has 2 N–H and O–H groups in total. The third-order valence-electron chi connectivity index (χ3n) is 4.01. The Balaban J connectivity index is 1.59. The van der Waals surface area contributed by atoms with Crippen molar-refractivity contribution in [1.82, 2.24) is 0 Å². The lowest BCUT2D eigenvalue weighted by Gasteiger charge is -2.13. The highest BCUT2D eigenvalue weighted by molar-refractivity contribution is 6.04. The topological polar surface area (TPSA) is 94.1 Å². The molecule has 0 aliphatic carbocycles. The van der Waals surface area contributed by atoms with E-state index in [0.717, 1.165) is 19.4 Å². The minimum Gasteiger partial charge on any atom is -0.491 e. The van der Waals surface area contributed by atoms with Crippen LogP contribution in [-0.2, 0) is 9.53 Å². The summed E-state index contributed by atoms with van der Waals surface area (Å²) >= 11 is 0. The molecular weight excluding hydrogens is 350 g/mol. The van der Waals surface area contributed by atoms with Crippen LogP contribution in [0.4, 0.5) is 5.69 Å². The molecular formula is C20H21NO6. The summed E-state index contributed by atoms with van der Waals surface area (Å²) in [5.41, 5.74) is 0.963. The van der Waals surface area contributed by atoms with Crippen molar-refractivity contribution in [2.75, 3.05) is 25.1 Å². The molecule has 0 radical (unpaired) electrons. The third kappa shape index (κ3) is 5.72. The lowest BCUT2D eigenvalue weighted by Crippen LogP contribution is -2.16. The Hall–Kier alpha value is -3.06. The van der Waals surface area contributed by atoms with E-state index in [4.69, 9.17) is 19.3 Å². The number of amides is 1. The largest absolute Gasteiger partial charge is 0.491 e. The van der Waals surface area contributed by atoms with Gasteiger partial charge in [0.15, 0.2) is 6.61 Å². The van der Waals surface area contributed by atoms with Crippen LogP contribution < -0.4 is 14.8 Å². The van der Waals surface area contributed by atoms with Crippen molar-refractivity contribution in [1.29, 1.82) is 0 Å². The van der Waals surface area contributed by atoms with E-state index < -0.39 is 12.6 Å². The third-order valence-corrected chi connectivity index (χ3v) is 4.01. The highest BCUT2D eigenvalue weighted by Crippen LogP contribution is 2.21. The van der Waals surface area contributed by atoms with Crippen molar-refractivity contribution in [3.05, 3.63) is 54.1 Å². The normalized spacial score (nSPS) is 15.9. The molecule has 0 aromatic heterocycles. The molecule has 2 aromatic rings. The molecule has 1 heterocycles. The Morgan fingerprint density at radius 2 is 1.89 bits per heavy atom. The molecule has 1 unspecified atom stereocenters. The van der Waals surface area contributed by atoms with Crippen molar-refractivity contribution < 1.29 is 28.9 Å². The number of rotatable bonds is 8. The summed E-state index contributed by atoms with van der Waals surface area (Å²) in [4.78, 5) is 23.0. The predicted molar refractivity (Wildman–Crippen MR) is 98.4 cm³/mol. The van der Waals surface area contributed by atoms with Crippen molar-refractivity contribution in [2.45, 2.75) is 18.9 Å². The maximum absolute atomic E-state index is 12.4. The minimum atomic E-state index is -1.08. The SMILES string of the molecule is O=C(O)COc1cccc(C(=O)Nc2cccc(OCC3CCCO3)c2)c1. The number of carboxylic acid groups (broad SMARTS) is 1. The van der Waals surface area contributed by atoms with Crippen LogP contribution >= 0.6 is 0 Å². The van der Waals surface area contributed by atoms with E-state index in [-0.39, 0.29) is 12.0 Å². The number of nitrogens with one attached hydrogen (secondary N) is 1. The first-order valence-corrected chi connectivity index (χ1v) is 8.70. The van der Waals surface area contributed by atoms with Crippen LogP contribution in [-0.4, -0.2) is 42.9 Å². The number of carboxylic acids is 1. The Labute approximate surface area is 156 Å². The molecule has 27 heavy (non-hydrogen) atoms. The van der Waals surface area contributed by atoms with Gasteiger partial charge in [-0.25, -0.2) is 4.79 Å². The fraction of sp³-hybridized carbons (Fsp3) is 0.300. The average molecular weight is 371 g/mol. The Morgan fingerprint density at radius 1 is 1.11 bits per heavy atom. The molecule has 1 atom stereocenters. The summed E-state index contributed by atoms with van der Waals surface area (Å²) in [6.07, 6.45) is 2.17. The van der Waals surface area contributed by atoms with E-state index in [1.165, 1.54) is 6.07 Å². The van der Waals surface area contributed by atoms with E-state index in [1.54, 1.807) is 36.4 Å². The zero-order chi connectivity index (χ0) is 19.1. The van der Waals surface area contributed by atoms with E-state index in [2.05, 4.69) is 5.32 Å². The van der Waals surface area contributed by atoms with Crippen molar-refractivity contribution in [3.8, 4) is 11.5 Å². The van der Waals surface area contributed by atoms with Crippen LogP contribution in [0.25, 0.3) is 0 Å². The molecule has 1 saturated heterocycles. The Bertz CT molecular complexity index is 801. The number of aliphatic carboxylic acids is 1. The van der Waals surface area contributed by atoms with E-state index in [0.29, 0.717) is 29.4 Å². The van der Waals surface area contributed by atoms with E-state index >= 15 is 0 Å². The van der Waals surface area contributed by atoms with Gasteiger partial charge in [0, 0.05) is 23.9 Å². The van der Waals surface area contributed by atoms with Crippen LogP contribution in [0.15, 0.2) is 48.5 Å². The number of benzene rings is 2. The Morgan fingerprint density at radius 3 is 2.63 bits per heavy atom. The quantitative estimate of drug-likeness (QED) is 0.741. The van der Waals surface area contributed by atoms with Gasteiger partial charge in [-0.05, 0) is 43.2 Å². The standard InChI is InChI=1S/C20H21NO6/c22-19(23)13-27-16-6-1-4-14(10-16)20(24)21-15-5-2-7-17(11-15)26-12-18-8-3-9-25-18/h1-2,4-7,10-11,18H,3,8-9,12-13H2,(H,21,24)(H,22,23). The molecule has 0 spiro atoms. The number of anilines is 1. The van der Waals surface area contributed by atoms with E-state index in [1.807, 2.05) is 6.07 Å². The summed E-state index contributed by atoms with van der Waals surface area (Å²) in [5.74, 6) is -0.433. The molecule has 1 amide bonds. The lowest BCUT2D eigenvalue weighted by atomic mass is 10.2. The molecule has 1 fully saturated rings. The van der Waals surface area contributed by atoms with Gasteiger partial charge in [-0.3, -0.25) is 4.79 Å². The second kappa shape index (κ2) is 9.05. The molecule has 2 aromatic carbocycles. The average Bonchev–Trinajstić information content (AvgIpc) is 3.19. The molecule has 7 nitrogen and oxygen atoms in total. The number of hydrogen-bond acceptors (Lipinski definition) is 5. The van der Waals surface area contributed by atoms with E-state index in [9.17, 15) is 9.59 Å². The van der Waals surface area contributed by atoms with Crippen LogP contribution in [0.3, 0.4) is 0 Å². The second-order valence-electron chi connectivity index (χ2n) is 6.14. The highest BCUT2D eigenvalue weighted by atomic mass is 16.5. The van der Waals surface area contributed by atoms with Crippen molar-refractivity contribution in [2.24, 2.45) is 0 Å². The fourth-order valence-corrected chi connectivity index (χ4v) is 2.70. The summed E-state index contributed by atoms with van der Waals surface area (Å²) < 4.78 is 16.4. The molecule has 1 aliphatic rings. The number of carbonyl (C=O) groups excluding carboxylic acids is 1. The van der Waals surface area contributed by atoms with Crippen molar-refractivity contribution in [3.63, 3.8) is 0 Å². The number of carbonyl (C=O) groups is 2.